The molecule has 1 rings (SSSR count). The first kappa shape index (κ1) is 15.3. The fourth-order valence-electron chi connectivity index (χ4n) is 1.90. The number of hydrogen-bond donors (Lipinski definition) is 2. The van der Waals surface area contributed by atoms with Crippen molar-refractivity contribution in [2.45, 2.75) is 34.1 Å². The van der Waals surface area contributed by atoms with Gasteiger partial charge in [-0.2, -0.15) is 0 Å². The van der Waals surface area contributed by atoms with Crippen LogP contribution in [-0.4, -0.2) is 24.1 Å². The molecule has 1 aromatic carbocycles. The minimum absolute atomic E-state index is 0.285. The monoisotopic (exact) mass is 263 g/mol. The topological polar surface area (TPSA) is 61.8 Å². The maximum Gasteiger partial charge on any atom is 0.144 e. The van der Waals surface area contributed by atoms with Gasteiger partial charge in [-0.3, -0.25) is 0 Å². The summed E-state index contributed by atoms with van der Waals surface area (Å²) in [5, 5.41) is 11.9. The predicted molar refractivity (Wildman–Crippen MR) is 80.9 cm³/mol. The summed E-state index contributed by atoms with van der Waals surface area (Å²) in [6, 6.07) is 8.50. The summed E-state index contributed by atoms with van der Waals surface area (Å²) >= 11 is 0. The second-order valence-corrected chi connectivity index (χ2v) is 5.53. The van der Waals surface area contributed by atoms with Crippen molar-refractivity contribution in [1.82, 2.24) is 0 Å². The van der Waals surface area contributed by atoms with E-state index in [1.54, 1.807) is 0 Å². The van der Waals surface area contributed by atoms with Crippen LogP contribution < -0.4 is 10.6 Å². The van der Waals surface area contributed by atoms with E-state index in [9.17, 15) is 0 Å². The van der Waals surface area contributed by atoms with Crippen molar-refractivity contribution in [3.05, 3.63) is 29.8 Å². The largest absolute Gasteiger partial charge is 0.409 e. The first-order chi connectivity index (χ1) is 8.90. The summed E-state index contributed by atoms with van der Waals surface area (Å²) in [6.45, 7) is 10.0. The quantitative estimate of drug-likeness (QED) is 0.359. The summed E-state index contributed by atoms with van der Waals surface area (Å²) in [7, 11) is 0. The zero-order valence-corrected chi connectivity index (χ0v) is 12.3. The molecule has 0 aromatic heterocycles. The number of nitrogens with two attached hydrogens (primary N) is 1. The van der Waals surface area contributed by atoms with Crippen molar-refractivity contribution < 1.29 is 5.21 Å². The Bertz CT molecular complexity index is 424. The Balaban J connectivity index is 2.71. The number of nitrogens with zero attached hydrogens (tertiary/aromatic N) is 2. The molecule has 0 radical (unpaired) electrons. The highest BCUT2D eigenvalue weighted by Crippen LogP contribution is 2.23. The van der Waals surface area contributed by atoms with Gasteiger partial charge in [0.25, 0.3) is 0 Å². The molecule has 0 aliphatic heterocycles. The Kier molecular flexibility index (Phi) is 5.21. The zero-order valence-electron chi connectivity index (χ0n) is 12.3. The first-order valence-electron chi connectivity index (χ1n) is 6.70. The van der Waals surface area contributed by atoms with Gasteiger partial charge in [-0.25, -0.2) is 0 Å². The summed E-state index contributed by atoms with van der Waals surface area (Å²) in [6.07, 6.45) is 0.838. The van der Waals surface area contributed by atoms with Crippen molar-refractivity contribution in [2.75, 3.05) is 18.0 Å². The Morgan fingerprint density at radius 3 is 2.37 bits per heavy atom. The fourth-order valence-corrected chi connectivity index (χ4v) is 1.90. The van der Waals surface area contributed by atoms with Gasteiger partial charge in [0.15, 0.2) is 0 Å². The lowest BCUT2D eigenvalue weighted by atomic mass is 9.88. The molecule has 0 spiro atoms. The standard InChI is InChI=1S/C15H25N3O/c1-5-18(13-8-6-12(2)7-9-13)11-10-15(3,4)14(16)17-19/h6-9,19H,5,10-11H2,1-4H3,(H2,16,17). The van der Waals surface area contributed by atoms with Crippen LogP contribution in [0.3, 0.4) is 0 Å². The normalized spacial score (nSPS) is 12.5. The number of oxime groups is 1. The van der Waals surface area contributed by atoms with Gasteiger partial charge in [-0.05, 0) is 32.4 Å². The average molecular weight is 263 g/mol. The van der Waals surface area contributed by atoms with Crippen molar-refractivity contribution in [1.29, 1.82) is 0 Å². The molecule has 0 fully saturated rings. The van der Waals surface area contributed by atoms with E-state index in [0.717, 1.165) is 19.5 Å². The lowest BCUT2D eigenvalue weighted by Gasteiger charge is -2.29. The van der Waals surface area contributed by atoms with E-state index < -0.39 is 0 Å². The maximum absolute atomic E-state index is 8.79. The van der Waals surface area contributed by atoms with Gasteiger partial charge in [0.1, 0.15) is 5.84 Å². The highest BCUT2D eigenvalue weighted by molar-refractivity contribution is 5.85. The van der Waals surface area contributed by atoms with E-state index in [1.165, 1.54) is 11.3 Å². The minimum Gasteiger partial charge on any atom is -0.409 e. The highest BCUT2D eigenvalue weighted by atomic mass is 16.4. The van der Waals surface area contributed by atoms with Gasteiger partial charge in [0.2, 0.25) is 0 Å². The molecule has 4 nitrogen and oxygen atoms in total. The van der Waals surface area contributed by atoms with Gasteiger partial charge in [-0.15, -0.1) is 0 Å². The van der Waals surface area contributed by atoms with Crippen LogP contribution in [-0.2, 0) is 0 Å². The van der Waals surface area contributed by atoms with Crippen LogP contribution in [0.4, 0.5) is 5.69 Å². The van der Waals surface area contributed by atoms with Crippen LogP contribution in [0.2, 0.25) is 0 Å². The molecule has 0 heterocycles. The maximum atomic E-state index is 8.79. The lowest BCUT2D eigenvalue weighted by molar-refractivity contribution is 0.305. The number of anilines is 1. The number of benzene rings is 1. The van der Waals surface area contributed by atoms with Gasteiger partial charge >= 0.3 is 0 Å². The first-order valence-corrected chi connectivity index (χ1v) is 6.70. The van der Waals surface area contributed by atoms with Crippen LogP contribution in [0.15, 0.2) is 29.4 Å². The van der Waals surface area contributed by atoms with Crippen molar-refractivity contribution in [3.63, 3.8) is 0 Å². The van der Waals surface area contributed by atoms with Crippen molar-refractivity contribution >= 4 is 11.5 Å². The van der Waals surface area contributed by atoms with Gasteiger partial charge in [0, 0.05) is 24.2 Å². The van der Waals surface area contributed by atoms with Crippen LogP contribution in [0.5, 0.6) is 0 Å². The minimum atomic E-state index is -0.299. The molecule has 0 atom stereocenters. The van der Waals surface area contributed by atoms with Crippen LogP contribution >= 0.6 is 0 Å². The number of rotatable bonds is 6. The Morgan fingerprint density at radius 2 is 1.89 bits per heavy atom. The molecule has 0 unspecified atom stereocenters. The Labute approximate surface area is 115 Å². The van der Waals surface area contributed by atoms with E-state index >= 15 is 0 Å². The fraction of sp³-hybridized carbons (Fsp3) is 0.533. The van der Waals surface area contributed by atoms with Gasteiger partial charge in [0.05, 0.1) is 0 Å². The summed E-state index contributed by atoms with van der Waals surface area (Å²) in [5.74, 6) is 0.285. The van der Waals surface area contributed by atoms with Crippen LogP contribution in [0.25, 0.3) is 0 Å². The molecule has 4 heteroatoms. The van der Waals surface area contributed by atoms with Crippen molar-refractivity contribution in [3.8, 4) is 0 Å². The van der Waals surface area contributed by atoms with E-state index in [0.29, 0.717) is 0 Å². The molecular formula is C15H25N3O. The van der Waals surface area contributed by atoms with Gasteiger partial charge < -0.3 is 15.8 Å². The molecular weight excluding hydrogens is 238 g/mol. The van der Waals surface area contributed by atoms with E-state index in [2.05, 4.69) is 48.2 Å². The molecule has 1 aromatic rings. The zero-order chi connectivity index (χ0) is 14.5. The van der Waals surface area contributed by atoms with Gasteiger partial charge in [-0.1, -0.05) is 36.7 Å². The molecule has 0 amide bonds. The predicted octanol–water partition coefficient (Wildman–Crippen LogP) is 2.98. The number of hydrogen-bond acceptors (Lipinski definition) is 3. The average Bonchev–Trinajstić information content (AvgIpc) is 2.40. The van der Waals surface area contributed by atoms with E-state index in [4.69, 9.17) is 10.9 Å². The highest BCUT2D eigenvalue weighted by Gasteiger charge is 2.24. The molecule has 0 aliphatic rings. The molecule has 0 aliphatic carbocycles. The number of aryl methyl sites for hydroxylation is 1. The smallest absolute Gasteiger partial charge is 0.144 e. The van der Waals surface area contributed by atoms with E-state index in [-0.39, 0.29) is 11.3 Å². The summed E-state index contributed by atoms with van der Waals surface area (Å²) < 4.78 is 0. The Morgan fingerprint density at radius 1 is 1.32 bits per heavy atom. The van der Waals surface area contributed by atoms with Crippen LogP contribution in [0.1, 0.15) is 32.8 Å². The number of amidine groups is 1. The molecule has 3 N–H and O–H groups in total. The third-order valence-electron chi connectivity index (χ3n) is 3.59. The molecule has 0 bridgehead atoms. The molecule has 0 saturated carbocycles. The Hall–Kier alpha value is -1.71. The van der Waals surface area contributed by atoms with E-state index in [1.807, 2.05) is 13.8 Å². The second kappa shape index (κ2) is 6.45. The summed E-state index contributed by atoms with van der Waals surface area (Å²) in [5.41, 5.74) is 7.89. The third-order valence-corrected chi connectivity index (χ3v) is 3.59. The van der Waals surface area contributed by atoms with Crippen LogP contribution in [0, 0.1) is 12.3 Å². The van der Waals surface area contributed by atoms with Crippen molar-refractivity contribution in [2.24, 2.45) is 16.3 Å². The lowest BCUT2D eigenvalue weighted by Crippen LogP contribution is -2.36. The molecule has 19 heavy (non-hydrogen) atoms. The third kappa shape index (κ3) is 4.16. The molecule has 106 valence electrons. The molecule has 0 saturated heterocycles. The summed E-state index contributed by atoms with van der Waals surface area (Å²) in [4.78, 5) is 2.30. The SMILES string of the molecule is CCN(CCC(C)(C)C(N)=NO)c1ccc(C)cc1. The second-order valence-electron chi connectivity index (χ2n) is 5.53.